The minimum absolute atomic E-state index is 0.0730. The van der Waals surface area contributed by atoms with Crippen LogP contribution in [0.3, 0.4) is 0 Å². The summed E-state index contributed by atoms with van der Waals surface area (Å²) in [5, 5.41) is 0. The van der Waals surface area contributed by atoms with Gasteiger partial charge >= 0.3 is 10.1 Å². The zero-order chi connectivity index (χ0) is 17.7. The predicted octanol–water partition coefficient (Wildman–Crippen LogP) is 3.34. The van der Waals surface area contributed by atoms with Crippen LogP contribution in [0.25, 0.3) is 0 Å². The fourth-order valence-electron chi connectivity index (χ4n) is 2.66. The summed E-state index contributed by atoms with van der Waals surface area (Å²) in [6.45, 7) is 6.15. The molecule has 1 aromatic rings. The third-order valence-corrected chi connectivity index (χ3v) is 5.84. The number of carbonyl (C=O) groups excluding carboxylic acids is 1. The standard InChI is InChI=1S/C18H27NO4S/c1-4-14(3)19(18(20)16-9-7-10-16)13-15-8-6-11-17(12-15)23-24(21,22)5-2/h6,8,11-12,14,16H,4-5,7,9-10,13H2,1-3H3. The number of nitrogens with zero attached hydrogens (tertiary/aromatic N) is 1. The molecule has 1 atom stereocenters. The first-order chi connectivity index (χ1) is 11.4. The molecule has 5 nitrogen and oxygen atoms in total. The van der Waals surface area contributed by atoms with E-state index in [4.69, 9.17) is 4.18 Å². The van der Waals surface area contributed by atoms with Crippen molar-refractivity contribution in [3.8, 4) is 5.75 Å². The average molecular weight is 353 g/mol. The smallest absolute Gasteiger partial charge is 0.308 e. The highest BCUT2D eigenvalue weighted by molar-refractivity contribution is 7.87. The first-order valence-electron chi connectivity index (χ1n) is 8.67. The molecule has 0 N–H and O–H groups in total. The van der Waals surface area contributed by atoms with Gasteiger partial charge in [0.15, 0.2) is 0 Å². The molecule has 1 aliphatic rings. The second-order valence-electron chi connectivity index (χ2n) is 6.43. The number of hydrogen-bond donors (Lipinski definition) is 0. The van der Waals surface area contributed by atoms with E-state index < -0.39 is 10.1 Å². The Morgan fingerprint density at radius 3 is 2.58 bits per heavy atom. The highest BCUT2D eigenvalue weighted by atomic mass is 32.2. The van der Waals surface area contributed by atoms with Gasteiger partial charge in [-0.25, -0.2) is 0 Å². The number of rotatable bonds is 8. The van der Waals surface area contributed by atoms with Gasteiger partial charge in [0.05, 0.1) is 5.75 Å². The van der Waals surface area contributed by atoms with Gasteiger partial charge in [-0.1, -0.05) is 25.5 Å². The van der Waals surface area contributed by atoms with Crippen LogP contribution in [0.1, 0.15) is 52.0 Å². The fourth-order valence-corrected chi connectivity index (χ4v) is 3.17. The SMILES string of the molecule is CCC(C)N(Cc1cccc(OS(=O)(=O)CC)c1)C(=O)C1CCC1. The quantitative estimate of drug-likeness (QED) is 0.672. The van der Waals surface area contributed by atoms with Gasteiger partial charge in [0.2, 0.25) is 5.91 Å². The number of amides is 1. The number of benzene rings is 1. The van der Waals surface area contributed by atoms with E-state index in [-0.39, 0.29) is 23.6 Å². The molecule has 1 unspecified atom stereocenters. The Hall–Kier alpha value is -1.56. The van der Waals surface area contributed by atoms with E-state index in [0.29, 0.717) is 12.3 Å². The molecule has 1 amide bonds. The van der Waals surface area contributed by atoms with Crippen molar-refractivity contribution in [2.45, 2.75) is 59.0 Å². The van der Waals surface area contributed by atoms with Gasteiger partial charge in [0.25, 0.3) is 0 Å². The normalized spacial score (nSPS) is 16.3. The summed E-state index contributed by atoms with van der Waals surface area (Å²) in [4.78, 5) is 14.6. The molecular weight excluding hydrogens is 326 g/mol. The molecule has 0 heterocycles. The van der Waals surface area contributed by atoms with Crippen LogP contribution in [0.2, 0.25) is 0 Å². The molecule has 1 fully saturated rings. The maximum atomic E-state index is 12.7. The van der Waals surface area contributed by atoms with E-state index in [1.54, 1.807) is 25.1 Å². The van der Waals surface area contributed by atoms with Crippen molar-refractivity contribution in [3.63, 3.8) is 0 Å². The van der Waals surface area contributed by atoms with Crippen molar-refractivity contribution in [1.82, 2.24) is 4.90 Å². The second-order valence-corrected chi connectivity index (χ2v) is 8.29. The summed E-state index contributed by atoms with van der Waals surface area (Å²) in [6.07, 6.45) is 3.97. The lowest BCUT2D eigenvalue weighted by molar-refractivity contribution is -0.141. The molecule has 0 saturated heterocycles. The maximum absolute atomic E-state index is 12.7. The Kier molecular flexibility index (Phi) is 6.27. The van der Waals surface area contributed by atoms with E-state index in [2.05, 4.69) is 13.8 Å². The van der Waals surface area contributed by atoms with E-state index in [0.717, 1.165) is 31.2 Å². The summed E-state index contributed by atoms with van der Waals surface area (Å²) in [5.41, 5.74) is 0.881. The van der Waals surface area contributed by atoms with Gasteiger partial charge in [-0.15, -0.1) is 0 Å². The topological polar surface area (TPSA) is 63.7 Å². The summed E-state index contributed by atoms with van der Waals surface area (Å²) in [5.74, 6) is 0.590. The molecule has 6 heteroatoms. The zero-order valence-corrected chi connectivity index (χ0v) is 15.5. The van der Waals surface area contributed by atoms with Crippen molar-refractivity contribution in [2.24, 2.45) is 5.92 Å². The zero-order valence-electron chi connectivity index (χ0n) is 14.7. The lowest BCUT2D eigenvalue weighted by Gasteiger charge is -2.35. The number of carbonyl (C=O) groups is 1. The Bertz CT molecular complexity index is 667. The summed E-state index contributed by atoms with van der Waals surface area (Å²) in [6, 6.07) is 7.14. The van der Waals surface area contributed by atoms with Crippen LogP contribution in [-0.4, -0.2) is 31.0 Å². The molecule has 24 heavy (non-hydrogen) atoms. The van der Waals surface area contributed by atoms with Crippen LogP contribution in [0, 0.1) is 5.92 Å². The lowest BCUT2D eigenvalue weighted by Crippen LogP contribution is -2.43. The minimum atomic E-state index is -3.54. The van der Waals surface area contributed by atoms with E-state index in [1.165, 1.54) is 0 Å². The monoisotopic (exact) mass is 353 g/mol. The van der Waals surface area contributed by atoms with Crippen LogP contribution >= 0.6 is 0 Å². The summed E-state index contributed by atoms with van der Waals surface area (Å²) in [7, 11) is -3.54. The first-order valence-corrected chi connectivity index (χ1v) is 10.3. The predicted molar refractivity (Wildman–Crippen MR) is 94.2 cm³/mol. The maximum Gasteiger partial charge on any atom is 0.308 e. The molecule has 2 rings (SSSR count). The fraction of sp³-hybridized carbons (Fsp3) is 0.611. The molecule has 1 aliphatic carbocycles. The molecule has 1 aromatic carbocycles. The Balaban J connectivity index is 2.15. The molecule has 1 saturated carbocycles. The molecule has 0 aromatic heterocycles. The minimum Gasteiger partial charge on any atom is -0.382 e. The molecule has 134 valence electrons. The molecular formula is C18H27NO4S. The number of hydrogen-bond acceptors (Lipinski definition) is 4. The van der Waals surface area contributed by atoms with Crippen LogP contribution < -0.4 is 4.18 Å². The molecule has 0 spiro atoms. The van der Waals surface area contributed by atoms with E-state index in [1.807, 2.05) is 11.0 Å². The summed E-state index contributed by atoms with van der Waals surface area (Å²) >= 11 is 0. The van der Waals surface area contributed by atoms with Gasteiger partial charge in [0.1, 0.15) is 5.75 Å². The largest absolute Gasteiger partial charge is 0.382 e. The van der Waals surface area contributed by atoms with E-state index >= 15 is 0 Å². The Morgan fingerprint density at radius 2 is 2.04 bits per heavy atom. The van der Waals surface area contributed by atoms with Crippen LogP contribution in [-0.2, 0) is 21.5 Å². The van der Waals surface area contributed by atoms with Crippen LogP contribution in [0.4, 0.5) is 0 Å². The van der Waals surface area contributed by atoms with Crippen LogP contribution in [0.15, 0.2) is 24.3 Å². The molecule has 0 aliphatic heterocycles. The van der Waals surface area contributed by atoms with Gasteiger partial charge < -0.3 is 9.08 Å². The lowest BCUT2D eigenvalue weighted by atomic mass is 9.84. The van der Waals surface area contributed by atoms with Gasteiger partial charge in [0, 0.05) is 18.5 Å². The van der Waals surface area contributed by atoms with Gasteiger partial charge in [-0.3, -0.25) is 4.79 Å². The van der Waals surface area contributed by atoms with E-state index in [9.17, 15) is 13.2 Å². The second kappa shape index (κ2) is 8.01. The summed E-state index contributed by atoms with van der Waals surface area (Å²) < 4.78 is 28.3. The average Bonchev–Trinajstić information content (AvgIpc) is 2.50. The Morgan fingerprint density at radius 1 is 1.33 bits per heavy atom. The van der Waals surface area contributed by atoms with Crippen molar-refractivity contribution in [2.75, 3.05) is 5.75 Å². The molecule has 0 radical (unpaired) electrons. The third-order valence-electron chi connectivity index (χ3n) is 4.69. The Labute approximate surface area is 145 Å². The highest BCUT2D eigenvalue weighted by Gasteiger charge is 2.31. The van der Waals surface area contributed by atoms with Gasteiger partial charge in [-0.2, -0.15) is 8.42 Å². The van der Waals surface area contributed by atoms with Crippen molar-refractivity contribution in [3.05, 3.63) is 29.8 Å². The van der Waals surface area contributed by atoms with Crippen molar-refractivity contribution >= 4 is 16.0 Å². The third kappa shape index (κ3) is 4.72. The van der Waals surface area contributed by atoms with Gasteiger partial charge in [-0.05, 0) is 50.8 Å². The highest BCUT2D eigenvalue weighted by Crippen LogP contribution is 2.30. The van der Waals surface area contributed by atoms with Crippen LogP contribution in [0.5, 0.6) is 5.75 Å². The van der Waals surface area contributed by atoms with Crippen molar-refractivity contribution < 1.29 is 17.4 Å². The molecule has 0 bridgehead atoms. The first kappa shape index (κ1) is 18.8. The van der Waals surface area contributed by atoms with Crippen molar-refractivity contribution in [1.29, 1.82) is 0 Å².